The van der Waals surface area contributed by atoms with Crippen LogP contribution in [-0.2, 0) is 4.74 Å². The third kappa shape index (κ3) is 5.30. The Labute approximate surface area is 158 Å². The number of hydrazone groups is 1. The molecule has 26 heavy (non-hydrogen) atoms. The van der Waals surface area contributed by atoms with Gasteiger partial charge in [0.05, 0.1) is 6.21 Å². The summed E-state index contributed by atoms with van der Waals surface area (Å²) in [5.41, 5.74) is 2.41. The van der Waals surface area contributed by atoms with Crippen LogP contribution in [0.15, 0.2) is 47.6 Å². The normalized spacial score (nSPS) is 15.2. The minimum atomic E-state index is 0.263. The zero-order chi connectivity index (χ0) is 18.2. The average molecular weight is 370 g/mol. The van der Waals surface area contributed by atoms with Crippen LogP contribution < -0.4 is 15.3 Å². The lowest BCUT2D eigenvalue weighted by atomic mass is 10.2. The van der Waals surface area contributed by atoms with Gasteiger partial charge in [-0.15, -0.1) is 0 Å². The summed E-state index contributed by atoms with van der Waals surface area (Å²) in [7, 11) is 2.15. The Hall–Kier alpha value is -1.90. The Morgan fingerprint density at radius 1 is 1.08 bits per heavy atom. The molecule has 0 radical (unpaired) electrons. The maximum Gasteiger partial charge on any atom is 0.188 e. The summed E-state index contributed by atoms with van der Waals surface area (Å²) in [4.78, 5) is 0. The molecule has 0 aliphatic carbocycles. The van der Waals surface area contributed by atoms with E-state index >= 15 is 0 Å². The van der Waals surface area contributed by atoms with Crippen LogP contribution in [0, 0.1) is 6.92 Å². The number of nitrogens with zero attached hydrogens (tertiary/aromatic N) is 2. The minimum absolute atomic E-state index is 0.263. The van der Waals surface area contributed by atoms with E-state index < -0.39 is 0 Å². The van der Waals surface area contributed by atoms with Gasteiger partial charge in [0.25, 0.3) is 0 Å². The summed E-state index contributed by atoms with van der Waals surface area (Å²) in [6.45, 7) is 4.50. The SMILES string of the molecule is COCOc1ccc(C)cc1Pc1ccccc1/C=N/N1CCCCC1. The Balaban J connectivity index is 1.80. The maximum atomic E-state index is 5.75. The lowest BCUT2D eigenvalue weighted by Crippen LogP contribution is -2.24. The van der Waals surface area contributed by atoms with Crippen LogP contribution in [0.3, 0.4) is 0 Å². The second-order valence-corrected chi connectivity index (χ2v) is 7.85. The van der Waals surface area contributed by atoms with Crippen molar-refractivity contribution in [2.24, 2.45) is 5.10 Å². The molecular formula is C21H27N2O2P. The van der Waals surface area contributed by atoms with Gasteiger partial charge in [-0.25, -0.2) is 0 Å². The fourth-order valence-corrected chi connectivity index (χ4v) is 4.34. The van der Waals surface area contributed by atoms with Crippen molar-refractivity contribution in [3.63, 3.8) is 0 Å². The van der Waals surface area contributed by atoms with Crippen LogP contribution in [0.25, 0.3) is 0 Å². The number of hydrogen-bond donors (Lipinski definition) is 0. The first-order valence-corrected chi connectivity index (χ1v) is 10.1. The predicted octanol–water partition coefficient (Wildman–Crippen LogP) is 3.43. The largest absolute Gasteiger partial charge is 0.467 e. The molecule has 0 aromatic heterocycles. The number of aryl methyl sites for hydroxylation is 1. The van der Waals surface area contributed by atoms with Gasteiger partial charge in [-0.2, -0.15) is 5.10 Å². The van der Waals surface area contributed by atoms with Gasteiger partial charge >= 0.3 is 0 Å². The highest BCUT2D eigenvalue weighted by Gasteiger charge is 2.10. The molecule has 4 nitrogen and oxygen atoms in total. The van der Waals surface area contributed by atoms with E-state index in [2.05, 4.69) is 48.3 Å². The molecule has 1 aliphatic rings. The van der Waals surface area contributed by atoms with Crippen molar-refractivity contribution in [1.82, 2.24) is 5.01 Å². The molecule has 0 saturated carbocycles. The van der Waals surface area contributed by atoms with E-state index in [0.29, 0.717) is 8.58 Å². The number of methoxy groups -OCH3 is 1. The van der Waals surface area contributed by atoms with E-state index in [1.54, 1.807) is 7.11 Å². The fourth-order valence-electron chi connectivity index (χ4n) is 2.99. The van der Waals surface area contributed by atoms with E-state index in [0.717, 1.165) is 18.8 Å². The van der Waals surface area contributed by atoms with Crippen LogP contribution in [-0.4, -0.2) is 38.2 Å². The molecule has 1 saturated heterocycles. The van der Waals surface area contributed by atoms with Gasteiger partial charge in [0.1, 0.15) is 5.75 Å². The smallest absolute Gasteiger partial charge is 0.188 e. The maximum absolute atomic E-state index is 5.75. The Morgan fingerprint density at radius 2 is 1.88 bits per heavy atom. The highest BCUT2D eigenvalue weighted by molar-refractivity contribution is 7.56. The molecule has 2 aromatic rings. The van der Waals surface area contributed by atoms with Gasteiger partial charge in [-0.3, -0.25) is 5.01 Å². The van der Waals surface area contributed by atoms with Crippen LogP contribution in [0.4, 0.5) is 0 Å². The number of rotatable bonds is 7. The number of piperidine rings is 1. The monoisotopic (exact) mass is 370 g/mol. The van der Waals surface area contributed by atoms with Crippen LogP contribution in [0.1, 0.15) is 30.4 Å². The van der Waals surface area contributed by atoms with Crippen molar-refractivity contribution in [3.05, 3.63) is 53.6 Å². The van der Waals surface area contributed by atoms with Gasteiger partial charge < -0.3 is 9.47 Å². The standard InChI is InChI=1S/C21H27N2O2P/c1-17-10-11-19(25-16-24-2)21(14-17)26-20-9-5-4-8-18(20)15-22-23-12-6-3-7-13-23/h4-5,8-11,14-15,26H,3,6-7,12-13,16H2,1-2H3/b22-15+. The van der Waals surface area contributed by atoms with Gasteiger partial charge in [0, 0.05) is 31.1 Å². The summed E-state index contributed by atoms with van der Waals surface area (Å²) in [5, 5.41) is 9.36. The van der Waals surface area contributed by atoms with E-state index in [-0.39, 0.29) is 6.79 Å². The van der Waals surface area contributed by atoms with Crippen molar-refractivity contribution >= 4 is 25.4 Å². The highest BCUT2D eigenvalue weighted by atomic mass is 31.1. The second kappa shape index (κ2) is 9.70. The lowest BCUT2D eigenvalue weighted by Gasteiger charge is -2.23. The Morgan fingerprint density at radius 3 is 2.69 bits per heavy atom. The second-order valence-electron chi connectivity index (χ2n) is 6.52. The Kier molecular flexibility index (Phi) is 7.04. The van der Waals surface area contributed by atoms with Gasteiger partial charge in [-0.1, -0.05) is 44.5 Å². The lowest BCUT2D eigenvalue weighted by molar-refractivity contribution is 0.0519. The van der Waals surface area contributed by atoms with Crippen LogP contribution in [0.2, 0.25) is 0 Å². The molecule has 3 rings (SSSR count). The molecule has 1 fully saturated rings. The van der Waals surface area contributed by atoms with Crippen LogP contribution >= 0.6 is 8.58 Å². The van der Waals surface area contributed by atoms with Gasteiger partial charge in [0.15, 0.2) is 6.79 Å². The summed E-state index contributed by atoms with van der Waals surface area (Å²) in [6, 6.07) is 14.8. The van der Waals surface area contributed by atoms with Crippen LogP contribution in [0.5, 0.6) is 5.75 Å². The molecule has 1 aliphatic heterocycles. The van der Waals surface area contributed by atoms with E-state index in [4.69, 9.17) is 14.6 Å². The fraction of sp³-hybridized carbons (Fsp3) is 0.381. The molecule has 138 valence electrons. The zero-order valence-electron chi connectivity index (χ0n) is 15.6. The Bertz CT molecular complexity index is 743. The molecule has 5 heteroatoms. The number of ether oxygens (including phenoxy) is 2. The van der Waals surface area contributed by atoms with E-state index in [1.165, 1.54) is 41.0 Å². The first-order valence-electron chi connectivity index (χ1n) is 9.13. The third-order valence-corrected chi connectivity index (χ3v) is 5.77. The third-order valence-electron chi connectivity index (χ3n) is 4.39. The average Bonchev–Trinajstić information content (AvgIpc) is 2.67. The van der Waals surface area contributed by atoms with Crippen molar-refractivity contribution < 1.29 is 9.47 Å². The summed E-state index contributed by atoms with van der Waals surface area (Å²) >= 11 is 0. The molecule has 0 N–H and O–H groups in total. The summed E-state index contributed by atoms with van der Waals surface area (Å²) < 4.78 is 10.8. The van der Waals surface area contributed by atoms with Crippen molar-refractivity contribution in [3.8, 4) is 5.75 Å². The first-order chi connectivity index (χ1) is 12.8. The number of benzene rings is 2. The zero-order valence-corrected chi connectivity index (χ0v) is 16.6. The molecule has 1 heterocycles. The highest BCUT2D eigenvalue weighted by Crippen LogP contribution is 2.22. The topological polar surface area (TPSA) is 34.1 Å². The summed E-state index contributed by atoms with van der Waals surface area (Å²) in [5.74, 6) is 0.888. The molecule has 0 spiro atoms. The molecule has 1 unspecified atom stereocenters. The minimum Gasteiger partial charge on any atom is -0.467 e. The van der Waals surface area contributed by atoms with Gasteiger partial charge in [0.2, 0.25) is 0 Å². The van der Waals surface area contributed by atoms with E-state index in [9.17, 15) is 0 Å². The van der Waals surface area contributed by atoms with E-state index in [1.807, 2.05) is 12.3 Å². The van der Waals surface area contributed by atoms with Crippen molar-refractivity contribution in [2.75, 3.05) is 27.0 Å². The summed E-state index contributed by atoms with van der Waals surface area (Å²) in [6.07, 6.45) is 5.81. The molecule has 0 amide bonds. The first kappa shape index (κ1) is 18.9. The molecule has 1 atom stereocenters. The van der Waals surface area contributed by atoms with Crippen molar-refractivity contribution in [1.29, 1.82) is 0 Å². The molecule has 0 bridgehead atoms. The predicted molar refractivity (Wildman–Crippen MR) is 111 cm³/mol. The molecule has 2 aromatic carbocycles. The van der Waals surface area contributed by atoms with Crippen molar-refractivity contribution in [2.45, 2.75) is 26.2 Å². The molecular weight excluding hydrogens is 343 g/mol. The van der Waals surface area contributed by atoms with Gasteiger partial charge in [-0.05, 0) is 43.6 Å². The quantitative estimate of drug-likeness (QED) is 0.425. The number of hydrogen-bond acceptors (Lipinski definition) is 4.